The summed E-state index contributed by atoms with van der Waals surface area (Å²) < 4.78 is 4.95. The van der Waals surface area contributed by atoms with E-state index in [-0.39, 0.29) is 29.8 Å². The zero-order chi connectivity index (χ0) is 26.1. The van der Waals surface area contributed by atoms with Crippen LogP contribution in [0.4, 0.5) is 0 Å². The maximum atomic E-state index is 13.5. The van der Waals surface area contributed by atoms with Gasteiger partial charge in [0.1, 0.15) is 6.04 Å². The third kappa shape index (κ3) is 7.03. The molecular formula is C26H43N5O4S. The number of thioether (sulfide) groups is 1. The summed E-state index contributed by atoms with van der Waals surface area (Å²) in [5.74, 6) is 1.08. The fourth-order valence-corrected chi connectivity index (χ4v) is 6.29. The molecule has 0 saturated carbocycles. The molecule has 0 aromatic carbocycles. The molecule has 0 spiro atoms. The van der Waals surface area contributed by atoms with E-state index in [9.17, 15) is 14.4 Å². The fraction of sp³-hybridized carbons (Fsp3) is 0.769. The van der Waals surface area contributed by atoms with Crippen molar-refractivity contribution in [2.75, 3.05) is 38.8 Å². The summed E-state index contributed by atoms with van der Waals surface area (Å²) in [6, 6.07) is -0.832. The van der Waals surface area contributed by atoms with E-state index in [4.69, 9.17) is 4.74 Å². The third-order valence-electron chi connectivity index (χ3n) is 7.93. The number of likely N-dealkylation sites (tertiary alicyclic amines) is 2. The first-order valence-electron chi connectivity index (χ1n) is 13.3. The van der Waals surface area contributed by atoms with Gasteiger partial charge >= 0.3 is 5.97 Å². The number of H-pyrrole nitrogens is 1. The van der Waals surface area contributed by atoms with Gasteiger partial charge in [0.25, 0.3) is 0 Å². The molecule has 3 rings (SSSR count). The van der Waals surface area contributed by atoms with Crippen LogP contribution >= 0.6 is 11.8 Å². The van der Waals surface area contributed by atoms with E-state index < -0.39 is 12.0 Å². The average Bonchev–Trinajstić information content (AvgIpc) is 3.64. The number of imidazole rings is 1. The Kier molecular flexibility index (Phi) is 11.1. The van der Waals surface area contributed by atoms with E-state index in [1.54, 1.807) is 18.1 Å². The van der Waals surface area contributed by atoms with Crippen LogP contribution in [-0.2, 0) is 25.5 Å². The lowest BCUT2D eigenvalue weighted by atomic mass is 9.94. The lowest BCUT2D eigenvalue weighted by molar-refractivity contribution is -0.146. The summed E-state index contributed by atoms with van der Waals surface area (Å²) in [5.41, 5.74) is 0.898. The number of carbonyl (C=O) groups is 3. The van der Waals surface area contributed by atoms with Crippen molar-refractivity contribution >= 4 is 29.5 Å². The van der Waals surface area contributed by atoms with E-state index in [1.165, 1.54) is 7.11 Å². The van der Waals surface area contributed by atoms with E-state index in [2.05, 4.69) is 34.0 Å². The number of hydrogen-bond acceptors (Lipinski definition) is 7. The monoisotopic (exact) mass is 521 g/mol. The normalized spacial score (nSPS) is 25.2. The second kappa shape index (κ2) is 14.0. The van der Waals surface area contributed by atoms with Gasteiger partial charge in [0.15, 0.2) is 0 Å². The Morgan fingerprint density at radius 2 is 1.97 bits per heavy atom. The number of aromatic nitrogens is 2. The molecule has 36 heavy (non-hydrogen) atoms. The molecule has 2 fully saturated rings. The van der Waals surface area contributed by atoms with Crippen LogP contribution in [0.2, 0.25) is 0 Å². The van der Waals surface area contributed by atoms with Gasteiger partial charge in [0.05, 0.1) is 25.2 Å². The van der Waals surface area contributed by atoms with Gasteiger partial charge in [0.2, 0.25) is 11.8 Å². The van der Waals surface area contributed by atoms with Crippen LogP contribution in [-0.4, -0.2) is 94.4 Å². The predicted molar refractivity (Wildman–Crippen MR) is 142 cm³/mol. The topological polar surface area (TPSA) is 108 Å². The van der Waals surface area contributed by atoms with Gasteiger partial charge in [-0.3, -0.25) is 14.5 Å². The molecule has 10 heteroatoms. The maximum absolute atomic E-state index is 13.5. The molecule has 3 heterocycles. The van der Waals surface area contributed by atoms with E-state index in [1.807, 2.05) is 17.4 Å². The Balaban J connectivity index is 1.70. The minimum atomic E-state index is -0.634. The number of rotatable bonds is 13. The van der Waals surface area contributed by atoms with Crippen molar-refractivity contribution in [1.29, 1.82) is 0 Å². The van der Waals surface area contributed by atoms with Crippen LogP contribution in [0.5, 0.6) is 0 Å². The molecule has 2 N–H and O–H groups in total. The number of nitrogens with zero attached hydrogens (tertiary/aromatic N) is 3. The number of aromatic amines is 1. The molecule has 1 aromatic rings. The van der Waals surface area contributed by atoms with Crippen LogP contribution in [0, 0.1) is 11.8 Å². The Hall–Kier alpha value is -2.07. The van der Waals surface area contributed by atoms with Gasteiger partial charge in [0, 0.05) is 31.7 Å². The minimum Gasteiger partial charge on any atom is -0.467 e. The summed E-state index contributed by atoms with van der Waals surface area (Å²) >= 11 is 1.64. The Morgan fingerprint density at radius 1 is 1.22 bits per heavy atom. The number of methoxy groups -OCH3 is 1. The van der Waals surface area contributed by atoms with Crippen LogP contribution in [0.25, 0.3) is 0 Å². The molecule has 9 nitrogen and oxygen atoms in total. The number of carbonyl (C=O) groups excluding carboxylic acids is 3. The average molecular weight is 522 g/mol. The second-order valence-corrected chi connectivity index (χ2v) is 10.9. The maximum Gasteiger partial charge on any atom is 0.328 e. The molecule has 2 unspecified atom stereocenters. The van der Waals surface area contributed by atoms with Crippen molar-refractivity contribution in [3.05, 3.63) is 18.2 Å². The van der Waals surface area contributed by atoms with Crippen LogP contribution in [0.3, 0.4) is 0 Å². The van der Waals surface area contributed by atoms with Gasteiger partial charge in [-0.15, -0.1) is 0 Å². The van der Waals surface area contributed by atoms with Gasteiger partial charge < -0.3 is 19.9 Å². The highest BCUT2D eigenvalue weighted by Crippen LogP contribution is 2.33. The first-order chi connectivity index (χ1) is 17.4. The van der Waals surface area contributed by atoms with E-state index >= 15 is 0 Å². The molecule has 5 atom stereocenters. The number of nitrogens with one attached hydrogen (secondary N) is 2. The zero-order valence-electron chi connectivity index (χ0n) is 22.2. The van der Waals surface area contributed by atoms with E-state index in [0.29, 0.717) is 31.7 Å². The van der Waals surface area contributed by atoms with Gasteiger partial charge in [-0.25, -0.2) is 9.78 Å². The summed E-state index contributed by atoms with van der Waals surface area (Å²) in [6.45, 7) is 6.59. The molecule has 2 amide bonds. The van der Waals surface area contributed by atoms with Crippen molar-refractivity contribution in [3.8, 4) is 0 Å². The molecule has 202 valence electrons. The van der Waals surface area contributed by atoms with Crippen molar-refractivity contribution < 1.29 is 19.1 Å². The van der Waals surface area contributed by atoms with Crippen molar-refractivity contribution in [3.63, 3.8) is 0 Å². The highest BCUT2D eigenvalue weighted by Gasteiger charge is 2.44. The largest absolute Gasteiger partial charge is 0.467 e. The van der Waals surface area contributed by atoms with Gasteiger partial charge in [-0.1, -0.05) is 26.7 Å². The fourth-order valence-electron chi connectivity index (χ4n) is 5.82. The minimum absolute atomic E-state index is 0.0977. The molecular weight excluding hydrogens is 478 g/mol. The quantitative estimate of drug-likeness (QED) is 0.384. The second-order valence-electron chi connectivity index (χ2n) is 9.93. The molecule has 0 radical (unpaired) electrons. The van der Waals surface area contributed by atoms with E-state index in [0.717, 1.165) is 50.2 Å². The standard InChI is InChI=1S/C26H43N5O4S/c1-5-18-10-13-31(23(32)8-7-20-15-27-17-28-20)22(18)16-30-12-9-19(6-2)24(30)25(33)29-21(11-14-36-4)26(34)35-3/h15,17-19,21-22,24H,5-14,16H2,1-4H3,(H,27,28)(H,29,33)/t18-,19-,21?,22+,24?/m0/s1. The third-order valence-corrected chi connectivity index (χ3v) is 8.58. The SMILES string of the molecule is CC[C@H]1CCN(C[C@@H]2[C@@H](CC)CCN2C(=O)CCc2c[nH]cn2)C1C(=O)NC(CCSC)C(=O)OC. The summed E-state index contributed by atoms with van der Waals surface area (Å²) in [7, 11) is 1.36. The highest BCUT2D eigenvalue weighted by atomic mass is 32.2. The highest BCUT2D eigenvalue weighted by molar-refractivity contribution is 7.98. The zero-order valence-corrected chi connectivity index (χ0v) is 23.0. The lowest BCUT2D eigenvalue weighted by Gasteiger charge is -2.35. The van der Waals surface area contributed by atoms with Crippen LogP contribution in [0.15, 0.2) is 12.5 Å². The predicted octanol–water partition coefficient (Wildman–Crippen LogP) is 2.48. The molecule has 2 saturated heterocycles. The molecule has 2 aliphatic heterocycles. The first-order valence-corrected chi connectivity index (χ1v) is 14.7. The molecule has 2 aliphatic rings. The molecule has 1 aromatic heterocycles. The lowest BCUT2D eigenvalue weighted by Crippen LogP contribution is -2.54. The van der Waals surface area contributed by atoms with Crippen molar-refractivity contribution in [1.82, 2.24) is 25.1 Å². The first kappa shape index (κ1) is 28.5. The Morgan fingerprint density at radius 3 is 2.61 bits per heavy atom. The molecule has 0 bridgehead atoms. The Bertz CT molecular complexity index is 851. The summed E-state index contributed by atoms with van der Waals surface area (Å²) in [6.07, 6.45) is 10.9. The number of amides is 2. The molecule has 0 aliphatic carbocycles. The van der Waals surface area contributed by atoms with Gasteiger partial charge in [-0.2, -0.15) is 11.8 Å². The number of esters is 1. The number of aryl methyl sites for hydroxylation is 1. The summed E-state index contributed by atoms with van der Waals surface area (Å²) in [4.78, 5) is 50.6. The number of hydrogen-bond donors (Lipinski definition) is 2. The van der Waals surface area contributed by atoms with Crippen LogP contribution < -0.4 is 5.32 Å². The van der Waals surface area contributed by atoms with Gasteiger partial charge in [-0.05, 0) is 56.1 Å². The smallest absolute Gasteiger partial charge is 0.328 e. The summed E-state index contributed by atoms with van der Waals surface area (Å²) in [5, 5.41) is 3.00. The van der Waals surface area contributed by atoms with Crippen molar-refractivity contribution in [2.24, 2.45) is 11.8 Å². The van der Waals surface area contributed by atoms with Crippen LogP contribution in [0.1, 0.15) is 58.1 Å². The van der Waals surface area contributed by atoms with Crippen molar-refractivity contribution in [2.45, 2.75) is 76.9 Å². The Labute approximate surface area is 219 Å². The number of ether oxygens (including phenoxy) is 1.